The van der Waals surface area contributed by atoms with Gasteiger partial charge in [0.2, 0.25) is 0 Å². The highest BCUT2D eigenvalue weighted by Crippen LogP contribution is 2.02. The topological polar surface area (TPSA) is 143 Å². The molecule has 6 rings (SSSR count). The zero-order chi connectivity index (χ0) is 36.9. The fourth-order valence-corrected chi connectivity index (χ4v) is 3.64. The van der Waals surface area contributed by atoms with Crippen molar-refractivity contribution in [2.45, 2.75) is 83.1 Å². The molecule has 5 aromatic rings. The Morgan fingerprint density at radius 2 is 1.08 bits per heavy atom. The summed E-state index contributed by atoms with van der Waals surface area (Å²) < 4.78 is 9.26. The Morgan fingerprint density at radius 1 is 0.604 bits per heavy atom. The zero-order valence-corrected chi connectivity index (χ0v) is 32.5. The van der Waals surface area contributed by atoms with E-state index in [1.807, 2.05) is 124 Å². The second-order valence-corrected chi connectivity index (χ2v) is 11.9. The number of imidazole rings is 1. The standard InChI is InChI=1S/C6H10N2.C6H11N2.C6H10N2.3C5H9N3/c1-5-6(2)8(3)4-7-5;1-5-4-8(3)7-6(5)2;1-5-4-7-8(3)6(5)2;2*1-4-5(2)8(3)7-6-4;1-4-5(2)7-8(3)6-4/h4H,1-3H3;4-5H,1-3H3;4H,1-3H3;3*1-3H3/q;+1;;;;. The quantitative estimate of drug-likeness (QED) is 0.225. The van der Waals surface area contributed by atoms with Gasteiger partial charge in [-0.05, 0) is 93.7 Å². The van der Waals surface area contributed by atoms with Gasteiger partial charge in [-0.3, -0.25) is 14.0 Å². The minimum atomic E-state index is 0.542. The van der Waals surface area contributed by atoms with Crippen LogP contribution in [0.3, 0.4) is 0 Å². The molecule has 1 aliphatic heterocycles. The van der Waals surface area contributed by atoms with Crippen molar-refractivity contribution < 1.29 is 4.68 Å². The molecule has 1 aliphatic rings. The molecule has 5 aromatic heterocycles. The number of hydrogen-bond donors (Lipinski definition) is 0. The van der Waals surface area contributed by atoms with E-state index in [2.05, 4.69) is 79.9 Å². The van der Waals surface area contributed by atoms with Crippen LogP contribution in [0, 0.1) is 75.2 Å². The van der Waals surface area contributed by atoms with Gasteiger partial charge in [0.15, 0.2) is 13.3 Å². The third-order valence-corrected chi connectivity index (χ3v) is 8.16. The van der Waals surface area contributed by atoms with E-state index >= 15 is 0 Å². The lowest BCUT2D eigenvalue weighted by atomic mass is 10.1. The van der Waals surface area contributed by atoms with Crippen molar-refractivity contribution in [1.82, 2.24) is 64.3 Å². The smallest absolute Gasteiger partial charge is 0.181 e. The SMILES string of the molecule is CC1=N[N+](C)=CC1C.Cc1cnn(C)c1C.Cc1ncn(C)c1C.Cc1nn(C)nc1C.Cc1nnn(C)c1C.Cc1nnn(C)c1C. The van der Waals surface area contributed by atoms with Gasteiger partial charge in [-0.2, -0.15) is 20.1 Å². The van der Waals surface area contributed by atoms with Crippen LogP contribution in [0.5, 0.6) is 0 Å². The third-order valence-electron chi connectivity index (χ3n) is 8.16. The Hall–Kier alpha value is -4.82. The Labute approximate surface area is 286 Å². The zero-order valence-electron chi connectivity index (χ0n) is 32.5. The fourth-order valence-electron chi connectivity index (χ4n) is 3.64. The molecule has 0 bridgehead atoms. The van der Waals surface area contributed by atoms with E-state index in [-0.39, 0.29) is 0 Å². The van der Waals surface area contributed by atoms with E-state index in [4.69, 9.17) is 0 Å². The third kappa shape index (κ3) is 13.1. The molecule has 0 radical (unpaired) electrons. The molecule has 0 N–H and O–H groups in total. The molecule has 1 atom stereocenters. The molecule has 0 saturated carbocycles. The van der Waals surface area contributed by atoms with Gasteiger partial charge >= 0.3 is 0 Å². The minimum absolute atomic E-state index is 0.542. The second-order valence-electron chi connectivity index (χ2n) is 11.9. The maximum absolute atomic E-state index is 4.16. The van der Waals surface area contributed by atoms with E-state index in [9.17, 15) is 0 Å². The predicted octanol–water partition coefficient (Wildman–Crippen LogP) is 4.09. The van der Waals surface area contributed by atoms with Crippen LogP contribution in [0.25, 0.3) is 0 Å². The summed E-state index contributed by atoms with van der Waals surface area (Å²) in [5.41, 5.74) is 12.3. The lowest BCUT2D eigenvalue weighted by Gasteiger charge is -1.90. The van der Waals surface area contributed by atoms with Crippen LogP contribution in [0.15, 0.2) is 17.6 Å². The van der Waals surface area contributed by atoms with Crippen LogP contribution < -0.4 is 0 Å². The van der Waals surface area contributed by atoms with Gasteiger partial charge in [-0.25, -0.2) is 4.98 Å². The maximum Gasteiger partial charge on any atom is 0.181 e. The first kappa shape index (κ1) is 41.2. The highest BCUT2D eigenvalue weighted by molar-refractivity contribution is 5.96. The monoisotopic (exact) mass is 664 g/mol. The first-order valence-electron chi connectivity index (χ1n) is 15.8. The van der Waals surface area contributed by atoms with Crippen LogP contribution in [0.1, 0.15) is 70.7 Å². The van der Waals surface area contributed by atoms with E-state index < -0.39 is 0 Å². The maximum atomic E-state index is 4.16. The number of nitrogens with zero attached hydrogens (tertiary/aromatic N) is 15. The van der Waals surface area contributed by atoms with Gasteiger partial charge in [0.1, 0.15) is 0 Å². The van der Waals surface area contributed by atoms with Crippen molar-refractivity contribution in [3.05, 3.63) is 69.3 Å². The summed E-state index contributed by atoms with van der Waals surface area (Å²) in [5, 5.41) is 31.5. The first-order valence-corrected chi connectivity index (χ1v) is 15.8. The number of aromatic nitrogens is 13. The molecule has 0 saturated heterocycles. The van der Waals surface area contributed by atoms with Crippen LogP contribution >= 0.6 is 0 Å². The van der Waals surface area contributed by atoms with Crippen LogP contribution in [0.4, 0.5) is 0 Å². The van der Waals surface area contributed by atoms with Gasteiger partial charge in [0, 0.05) is 46.6 Å². The van der Waals surface area contributed by atoms with Crippen molar-refractivity contribution in [3.8, 4) is 0 Å². The Bertz CT molecular complexity index is 1500. The van der Waals surface area contributed by atoms with Crippen LogP contribution in [-0.2, 0) is 35.2 Å². The van der Waals surface area contributed by atoms with Gasteiger partial charge in [0.25, 0.3) is 0 Å². The van der Waals surface area contributed by atoms with Crippen LogP contribution in [0.2, 0.25) is 0 Å². The van der Waals surface area contributed by atoms with Crippen molar-refractivity contribution >= 4 is 11.9 Å². The molecule has 264 valence electrons. The molecule has 0 spiro atoms. The molecule has 15 nitrogen and oxygen atoms in total. The average molecular weight is 665 g/mol. The van der Waals surface area contributed by atoms with E-state index in [0.717, 1.165) is 39.9 Å². The molecule has 15 heteroatoms. The molecule has 0 amide bonds. The van der Waals surface area contributed by atoms with Gasteiger partial charge in [0.05, 0.1) is 64.0 Å². The number of rotatable bonds is 0. The Kier molecular flexibility index (Phi) is 16.4. The largest absolute Gasteiger partial charge is 0.338 e. The van der Waals surface area contributed by atoms with Gasteiger partial charge in [-0.15, -0.1) is 10.2 Å². The highest BCUT2D eigenvalue weighted by atomic mass is 15.5. The Balaban J connectivity index is 0.000000288. The second kappa shape index (κ2) is 19.1. The normalized spacial score (nSPS) is 12.8. The summed E-state index contributed by atoms with van der Waals surface area (Å²) in [6, 6.07) is 0. The summed E-state index contributed by atoms with van der Waals surface area (Å²) in [6.07, 6.45) is 5.79. The lowest BCUT2D eigenvalue weighted by molar-refractivity contribution is -0.495. The van der Waals surface area contributed by atoms with E-state index in [1.54, 1.807) is 14.2 Å². The van der Waals surface area contributed by atoms with Crippen molar-refractivity contribution in [2.24, 2.45) is 46.3 Å². The molecule has 1 unspecified atom stereocenters. The average Bonchev–Trinajstić information content (AvgIpc) is 3.83. The molecule has 6 heterocycles. The predicted molar refractivity (Wildman–Crippen MR) is 191 cm³/mol. The van der Waals surface area contributed by atoms with Gasteiger partial charge in [-0.1, -0.05) is 15.1 Å². The van der Waals surface area contributed by atoms with Crippen molar-refractivity contribution in [2.75, 3.05) is 7.05 Å². The molecule has 0 aliphatic carbocycles. The summed E-state index contributed by atoms with van der Waals surface area (Å²) >= 11 is 0. The fraction of sp³-hybridized carbons (Fsp3) is 0.576. The summed E-state index contributed by atoms with van der Waals surface area (Å²) in [6.45, 7) is 24.1. The van der Waals surface area contributed by atoms with Crippen LogP contribution in [-0.4, -0.2) is 88.0 Å². The summed E-state index contributed by atoms with van der Waals surface area (Å²) in [5.74, 6) is 0.542. The number of hydrogen-bond acceptors (Lipinski definition) is 9. The molecular formula is C33H58N15+. The highest BCUT2D eigenvalue weighted by Gasteiger charge is 2.16. The molecule has 0 aromatic carbocycles. The number of hydrazone groups is 1. The molecular weight excluding hydrogens is 606 g/mol. The summed E-state index contributed by atoms with van der Waals surface area (Å²) in [7, 11) is 11.5. The van der Waals surface area contributed by atoms with Crippen molar-refractivity contribution in [3.63, 3.8) is 0 Å². The Morgan fingerprint density at radius 3 is 1.19 bits per heavy atom. The van der Waals surface area contributed by atoms with Gasteiger partial charge < -0.3 is 4.57 Å². The number of aryl methyl sites for hydroxylation is 11. The lowest BCUT2D eigenvalue weighted by Crippen LogP contribution is -2.02. The van der Waals surface area contributed by atoms with E-state index in [1.165, 1.54) is 22.7 Å². The first-order chi connectivity index (χ1) is 22.3. The van der Waals surface area contributed by atoms with Crippen molar-refractivity contribution in [1.29, 1.82) is 0 Å². The summed E-state index contributed by atoms with van der Waals surface area (Å²) in [4.78, 5) is 5.65. The molecule has 48 heavy (non-hydrogen) atoms. The minimum Gasteiger partial charge on any atom is -0.338 e. The molecule has 0 fully saturated rings. The van der Waals surface area contributed by atoms with E-state index in [0.29, 0.717) is 5.92 Å².